The van der Waals surface area contributed by atoms with Gasteiger partial charge in [-0.15, -0.1) is 5.10 Å². The van der Waals surface area contributed by atoms with Gasteiger partial charge in [-0.25, -0.2) is 9.48 Å². The van der Waals surface area contributed by atoms with Gasteiger partial charge >= 0.3 is 6.03 Å². The molecule has 3 amide bonds. The largest absolute Gasteiger partial charge is 0.356 e. The Balaban J connectivity index is 1.46. The molecule has 1 fully saturated rings. The van der Waals surface area contributed by atoms with Crippen LogP contribution in [0.15, 0.2) is 36.5 Å². The Kier molecular flexibility index (Phi) is 5.00. The van der Waals surface area contributed by atoms with Gasteiger partial charge in [0.2, 0.25) is 5.91 Å². The van der Waals surface area contributed by atoms with Crippen molar-refractivity contribution in [3.05, 3.63) is 41.6 Å². The van der Waals surface area contributed by atoms with Crippen molar-refractivity contribution >= 4 is 29.4 Å². The predicted octanol–water partition coefficient (Wildman–Crippen LogP) is 2.17. The molecule has 0 bridgehead atoms. The molecule has 0 radical (unpaired) electrons. The minimum atomic E-state index is -0.311. The number of benzene rings is 1. The second-order valence-electron chi connectivity index (χ2n) is 5.67. The number of hydrogen-bond acceptors (Lipinski definition) is 3. The number of halogens is 1. The number of hydrogen-bond donors (Lipinski definition) is 3. The van der Waals surface area contributed by atoms with Gasteiger partial charge in [-0.2, -0.15) is 0 Å². The van der Waals surface area contributed by atoms with E-state index in [9.17, 15) is 9.59 Å². The number of aromatic nitrogens is 2. The highest BCUT2D eigenvalue weighted by atomic mass is 35.5. The lowest BCUT2D eigenvalue weighted by molar-refractivity contribution is -0.119. The summed E-state index contributed by atoms with van der Waals surface area (Å²) < 4.78 is 1.65. The second-order valence-corrected chi connectivity index (χ2v) is 6.10. The fourth-order valence-electron chi connectivity index (χ4n) is 2.55. The van der Waals surface area contributed by atoms with Crippen LogP contribution < -0.4 is 16.0 Å². The molecule has 126 valence electrons. The SMILES string of the molecule is O=C1CC(CCNC(=O)Nc2ccn(-c3ccc(Cl)cc3)n2)CN1. The number of anilines is 1. The summed E-state index contributed by atoms with van der Waals surface area (Å²) in [5.74, 6) is 0.833. The van der Waals surface area contributed by atoms with E-state index in [1.165, 1.54) is 0 Å². The van der Waals surface area contributed by atoms with Gasteiger partial charge < -0.3 is 10.6 Å². The zero-order valence-electron chi connectivity index (χ0n) is 13.0. The second kappa shape index (κ2) is 7.35. The van der Waals surface area contributed by atoms with E-state index < -0.39 is 0 Å². The molecule has 1 aliphatic rings. The highest BCUT2D eigenvalue weighted by Gasteiger charge is 2.20. The molecule has 1 aliphatic heterocycles. The first-order valence-electron chi connectivity index (χ1n) is 7.73. The zero-order valence-corrected chi connectivity index (χ0v) is 13.7. The van der Waals surface area contributed by atoms with E-state index in [2.05, 4.69) is 21.0 Å². The van der Waals surface area contributed by atoms with Crippen molar-refractivity contribution in [3.63, 3.8) is 0 Å². The summed E-state index contributed by atoms with van der Waals surface area (Å²) >= 11 is 5.86. The van der Waals surface area contributed by atoms with Gasteiger partial charge in [0, 0.05) is 36.8 Å². The third-order valence-corrected chi connectivity index (χ3v) is 4.07. The van der Waals surface area contributed by atoms with Crippen molar-refractivity contribution in [2.24, 2.45) is 5.92 Å². The first kappa shape index (κ1) is 16.3. The van der Waals surface area contributed by atoms with Crippen molar-refractivity contribution in [1.82, 2.24) is 20.4 Å². The van der Waals surface area contributed by atoms with Crippen molar-refractivity contribution in [2.75, 3.05) is 18.4 Å². The van der Waals surface area contributed by atoms with E-state index in [1.807, 2.05) is 12.1 Å². The number of urea groups is 1. The number of rotatable bonds is 5. The third kappa shape index (κ3) is 4.26. The van der Waals surface area contributed by atoms with Crippen LogP contribution in [0.3, 0.4) is 0 Å². The number of nitrogens with one attached hydrogen (secondary N) is 3. The van der Waals surface area contributed by atoms with Crippen LogP contribution in [0.1, 0.15) is 12.8 Å². The minimum Gasteiger partial charge on any atom is -0.356 e. The molecule has 1 unspecified atom stereocenters. The van der Waals surface area contributed by atoms with Gasteiger partial charge in [-0.05, 0) is 36.6 Å². The Hall–Kier alpha value is -2.54. The summed E-state index contributed by atoms with van der Waals surface area (Å²) in [5.41, 5.74) is 0.853. The average Bonchev–Trinajstić information content (AvgIpc) is 3.17. The maximum Gasteiger partial charge on any atom is 0.320 e. The normalized spacial score (nSPS) is 16.7. The Morgan fingerprint density at radius 2 is 2.12 bits per heavy atom. The fourth-order valence-corrected chi connectivity index (χ4v) is 2.67. The highest BCUT2D eigenvalue weighted by molar-refractivity contribution is 6.30. The smallest absolute Gasteiger partial charge is 0.320 e. The number of amides is 3. The van der Waals surface area contributed by atoms with Crippen LogP contribution in [0.25, 0.3) is 5.69 Å². The molecule has 0 aliphatic carbocycles. The summed E-state index contributed by atoms with van der Waals surface area (Å²) in [4.78, 5) is 23.0. The Morgan fingerprint density at radius 1 is 1.33 bits per heavy atom. The molecule has 1 saturated heterocycles. The maximum absolute atomic E-state index is 11.9. The number of carbonyl (C=O) groups excluding carboxylic acids is 2. The summed E-state index contributed by atoms with van der Waals surface area (Å²) in [7, 11) is 0. The van der Waals surface area contributed by atoms with E-state index in [4.69, 9.17) is 11.6 Å². The molecule has 1 aromatic carbocycles. The third-order valence-electron chi connectivity index (χ3n) is 3.82. The van der Waals surface area contributed by atoms with E-state index in [0.717, 1.165) is 12.1 Å². The summed E-state index contributed by atoms with van der Waals surface area (Å²) in [6, 6.07) is 8.65. The summed E-state index contributed by atoms with van der Waals surface area (Å²) in [6.07, 6.45) is 3.06. The minimum absolute atomic E-state index is 0.0807. The molecule has 7 nitrogen and oxygen atoms in total. The number of nitrogens with zero attached hydrogens (tertiary/aromatic N) is 2. The van der Waals surface area contributed by atoms with Crippen molar-refractivity contribution in [3.8, 4) is 5.69 Å². The monoisotopic (exact) mass is 347 g/mol. The maximum atomic E-state index is 11.9. The van der Waals surface area contributed by atoms with Crippen molar-refractivity contribution in [1.29, 1.82) is 0 Å². The molecule has 2 aromatic rings. The molecule has 0 saturated carbocycles. The number of carbonyl (C=O) groups is 2. The fraction of sp³-hybridized carbons (Fsp3) is 0.312. The molecule has 3 rings (SSSR count). The first-order valence-corrected chi connectivity index (χ1v) is 8.11. The molecule has 1 aromatic heterocycles. The Labute approximate surface area is 144 Å². The average molecular weight is 348 g/mol. The van der Waals surface area contributed by atoms with Crippen LogP contribution in [-0.2, 0) is 4.79 Å². The molecular weight excluding hydrogens is 330 g/mol. The van der Waals surface area contributed by atoms with E-state index in [1.54, 1.807) is 29.1 Å². The zero-order chi connectivity index (χ0) is 16.9. The van der Waals surface area contributed by atoms with Gasteiger partial charge in [0.05, 0.1) is 5.69 Å². The van der Waals surface area contributed by atoms with Crippen LogP contribution in [-0.4, -0.2) is 34.8 Å². The molecule has 2 heterocycles. The van der Waals surface area contributed by atoms with Gasteiger partial charge in [-0.3, -0.25) is 10.1 Å². The quantitative estimate of drug-likeness (QED) is 0.774. The summed E-state index contributed by atoms with van der Waals surface area (Å²) in [5, 5.41) is 13.2. The van der Waals surface area contributed by atoms with E-state index in [0.29, 0.717) is 36.3 Å². The molecule has 1 atom stereocenters. The first-order chi connectivity index (χ1) is 11.6. The van der Waals surface area contributed by atoms with Gasteiger partial charge in [0.15, 0.2) is 5.82 Å². The van der Waals surface area contributed by atoms with Gasteiger partial charge in [-0.1, -0.05) is 11.6 Å². The molecule has 0 spiro atoms. The van der Waals surface area contributed by atoms with Crippen LogP contribution in [0.2, 0.25) is 5.02 Å². The standard InChI is InChI=1S/C16H18ClN5O2/c17-12-1-3-13(4-2-12)22-8-6-14(21-22)20-16(24)18-7-5-11-9-15(23)19-10-11/h1-4,6,8,11H,5,7,9-10H2,(H,19,23)(H2,18,20,21,24). The van der Waals surface area contributed by atoms with E-state index in [-0.39, 0.29) is 11.9 Å². The van der Waals surface area contributed by atoms with Crippen molar-refractivity contribution in [2.45, 2.75) is 12.8 Å². The molecule has 3 N–H and O–H groups in total. The summed E-state index contributed by atoms with van der Waals surface area (Å²) in [6.45, 7) is 1.21. The molecule has 8 heteroatoms. The van der Waals surface area contributed by atoms with Crippen LogP contribution in [0.4, 0.5) is 10.6 Å². The van der Waals surface area contributed by atoms with Crippen LogP contribution >= 0.6 is 11.6 Å². The molecular formula is C16H18ClN5O2. The van der Waals surface area contributed by atoms with Gasteiger partial charge in [0.25, 0.3) is 0 Å². The van der Waals surface area contributed by atoms with E-state index >= 15 is 0 Å². The lowest BCUT2D eigenvalue weighted by atomic mass is 10.1. The highest BCUT2D eigenvalue weighted by Crippen LogP contribution is 2.14. The Bertz CT molecular complexity index is 728. The van der Waals surface area contributed by atoms with Gasteiger partial charge in [0.1, 0.15) is 0 Å². The lowest BCUT2D eigenvalue weighted by Crippen LogP contribution is -2.31. The Morgan fingerprint density at radius 3 is 2.83 bits per heavy atom. The topological polar surface area (TPSA) is 88.1 Å². The van der Waals surface area contributed by atoms with Crippen LogP contribution in [0, 0.1) is 5.92 Å². The van der Waals surface area contributed by atoms with Crippen LogP contribution in [0.5, 0.6) is 0 Å². The molecule has 24 heavy (non-hydrogen) atoms. The lowest BCUT2D eigenvalue weighted by Gasteiger charge is -2.08. The van der Waals surface area contributed by atoms with Crippen molar-refractivity contribution < 1.29 is 9.59 Å². The predicted molar refractivity (Wildman–Crippen MR) is 91.3 cm³/mol.